The molecule has 0 bridgehead atoms. The lowest BCUT2D eigenvalue weighted by Gasteiger charge is -2.47. The number of anilines is 3. The van der Waals surface area contributed by atoms with E-state index in [9.17, 15) is 0 Å². The van der Waals surface area contributed by atoms with Gasteiger partial charge in [0.2, 0.25) is 0 Å². The Balaban J connectivity index is 1.48. The highest BCUT2D eigenvalue weighted by molar-refractivity contribution is 6.98. The number of pyridine rings is 1. The number of furan rings is 1. The van der Waals surface area contributed by atoms with Crippen LogP contribution in [0.5, 0.6) is 0 Å². The molecule has 0 atom stereocenters. The number of hydrogen-bond donors (Lipinski definition) is 0. The molecular formula is C44H51BN2O. The molecule has 0 saturated carbocycles. The Morgan fingerprint density at radius 3 is 1.92 bits per heavy atom. The van der Waals surface area contributed by atoms with Gasteiger partial charge in [-0.25, -0.2) is 4.98 Å². The smallest absolute Gasteiger partial charge is 0.295 e. The normalized spacial score (nSPS) is 18.7. The lowest BCUT2D eigenvalue weighted by Crippen LogP contribution is -2.64. The summed E-state index contributed by atoms with van der Waals surface area (Å²) in [4.78, 5) is 7.66. The van der Waals surface area contributed by atoms with Crippen LogP contribution in [-0.4, -0.2) is 11.7 Å². The zero-order valence-corrected chi connectivity index (χ0v) is 31.1. The van der Waals surface area contributed by atoms with Gasteiger partial charge in [0, 0.05) is 22.7 Å². The highest BCUT2D eigenvalue weighted by atomic mass is 16.3. The second kappa shape index (κ2) is 9.68. The van der Waals surface area contributed by atoms with Crippen LogP contribution in [0, 0.1) is 0 Å². The Hall–Kier alpha value is -3.79. The summed E-state index contributed by atoms with van der Waals surface area (Å²) < 4.78 is 7.13. The molecule has 3 nitrogen and oxygen atoms in total. The maximum absolute atomic E-state index is 7.13. The van der Waals surface area contributed by atoms with E-state index in [4.69, 9.17) is 9.40 Å². The number of fused-ring (bicyclic) bond motifs is 7. The molecule has 4 heterocycles. The van der Waals surface area contributed by atoms with Gasteiger partial charge in [0.15, 0.2) is 0 Å². The van der Waals surface area contributed by atoms with Crippen molar-refractivity contribution in [1.82, 2.24) is 4.98 Å². The van der Waals surface area contributed by atoms with E-state index >= 15 is 0 Å². The van der Waals surface area contributed by atoms with Crippen LogP contribution in [-0.2, 0) is 27.1 Å². The van der Waals surface area contributed by atoms with Crippen LogP contribution in [0.2, 0.25) is 0 Å². The maximum Gasteiger partial charge on any atom is 0.295 e. The molecule has 4 heteroatoms. The summed E-state index contributed by atoms with van der Waals surface area (Å²) in [6.07, 6.45) is 4.42. The van der Waals surface area contributed by atoms with Crippen LogP contribution < -0.4 is 21.5 Å². The predicted octanol–water partition coefficient (Wildman–Crippen LogP) is 9.71. The number of nitrogens with zero attached hydrogens (tertiary/aromatic N) is 2. The van der Waals surface area contributed by atoms with Crippen LogP contribution >= 0.6 is 0 Å². The first-order valence-corrected chi connectivity index (χ1v) is 18.0. The van der Waals surface area contributed by atoms with Crippen LogP contribution in [0.15, 0.2) is 71.3 Å². The minimum absolute atomic E-state index is 0.00837. The highest BCUT2D eigenvalue weighted by Gasteiger charge is 2.51. The van der Waals surface area contributed by atoms with Crippen LogP contribution in [0.4, 0.5) is 17.2 Å². The molecule has 3 aliphatic rings. The monoisotopic (exact) mass is 634 g/mol. The first-order chi connectivity index (χ1) is 22.3. The standard InChI is InChI=1S/C44H51BN2O/c1-40(2,3)26-13-16-28(17-14-26)47-37-29-23-27(41(4,5)6)15-18-35(29)48-38(37)45-34-25-32-31(42(7,8)20-21-43(32,9)10)24-33(34)44(11,12)30-19-22-46-39(47)36(30)45/h13-19,22-25H,20-21H2,1-12H3. The Labute approximate surface area is 288 Å². The van der Waals surface area contributed by atoms with Crippen molar-refractivity contribution in [2.45, 2.75) is 123 Å². The molecule has 0 unspecified atom stereocenters. The average Bonchev–Trinajstić information content (AvgIpc) is 3.38. The first kappa shape index (κ1) is 31.5. The minimum atomic E-state index is -0.198. The molecule has 246 valence electrons. The number of benzene rings is 3. The second-order valence-corrected chi connectivity index (χ2v) is 18.8. The Kier molecular flexibility index (Phi) is 6.35. The van der Waals surface area contributed by atoms with Crippen molar-refractivity contribution in [3.8, 4) is 0 Å². The molecule has 8 rings (SSSR count). The van der Waals surface area contributed by atoms with Gasteiger partial charge in [-0.2, -0.15) is 0 Å². The topological polar surface area (TPSA) is 29.3 Å². The van der Waals surface area contributed by atoms with Crippen molar-refractivity contribution in [2.24, 2.45) is 0 Å². The molecule has 0 radical (unpaired) electrons. The van der Waals surface area contributed by atoms with Gasteiger partial charge in [-0.3, -0.25) is 4.90 Å². The molecule has 3 aromatic carbocycles. The van der Waals surface area contributed by atoms with E-state index in [0.717, 1.165) is 33.8 Å². The fraction of sp³-hybridized carbons (Fsp3) is 0.432. The zero-order valence-electron chi connectivity index (χ0n) is 31.1. The van der Waals surface area contributed by atoms with Crippen LogP contribution in [0.1, 0.15) is 129 Å². The van der Waals surface area contributed by atoms with E-state index in [-0.39, 0.29) is 33.8 Å². The molecule has 2 aromatic heterocycles. The third-order valence-corrected chi connectivity index (χ3v) is 12.2. The number of aromatic nitrogens is 1. The quantitative estimate of drug-likeness (QED) is 0.169. The summed E-state index contributed by atoms with van der Waals surface area (Å²) in [6, 6.07) is 23.4. The predicted molar refractivity (Wildman–Crippen MR) is 205 cm³/mol. The van der Waals surface area contributed by atoms with Crippen molar-refractivity contribution in [2.75, 3.05) is 4.90 Å². The Morgan fingerprint density at radius 1 is 0.688 bits per heavy atom. The number of rotatable bonds is 1. The minimum Gasteiger partial charge on any atom is -0.468 e. The van der Waals surface area contributed by atoms with E-state index < -0.39 is 0 Å². The van der Waals surface area contributed by atoms with Crippen molar-refractivity contribution in [1.29, 1.82) is 0 Å². The van der Waals surface area contributed by atoms with E-state index in [1.807, 2.05) is 6.20 Å². The Bertz CT molecular complexity index is 2130. The van der Waals surface area contributed by atoms with E-state index in [0.29, 0.717) is 0 Å². The van der Waals surface area contributed by atoms with Gasteiger partial charge in [0.25, 0.3) is 6.71 Å². The molecule has 5 aromatic rings. The van der Waals surface area contributed by atoms with Gasteiger partial charge in [0.1, 0.15) is 11.4 Å². The van der Waals surface area contributed by atoms with Gasteiger partial charge < -0.3 is 4.42 Å². The molecule has 0 saturated heterocycles. The van der Waals surface area contributed by atoms with E-state index in [1.54, 1.807) is 0 Å². The summed E-state index contributed by atoms with van der Waals surface area (Å²) in [5.41, 5.74) is 15.4. The fourth-order valence-corrected chi connectivity index (χ4v) is 8.92. The van der Waals surface area contributed by atoms with Crippen molar-refractivity contribution in [3.05, 3.63) is 100 Å². The Morgan fingerprint density at radius 2 is 1.29 bits per heavy atom. The molecule has 0 N–H and O–H groups in total. The van der Waals surface area contributed by atoms with Crippen molar-refractivity contribution in [3.63, 3.8) is 0 Å². The summed E-state index contributed by atoms with van der Waals surface area (Å²) >= 11 is 0. The molecular weight excluding hydrogens is 583 g/mol. The molecule has 0 fully saturated rings. The lowest BCUT2D eigenvalue weighted by molar-refractivity contribution is 0.331. The molecule has 0 spiro atoms. The van der Waals surface area contributed by atoms with Gasteiger partial charge >= 0.3 is 0 Å². The van der Waals surface area contributed by atoms with E-state index in [2.05, 4.69) is 149 Å². The third-order valence-electron chi connectivity index (χ3n) is 12.2. The molecule has 1 aliphatic carbocycles. The van der Waals surface area contributed by atoms with Crippen LogP contribution in [0.25, 0.3) is 11.0 Å². The zero-order chi connectivity index (χ0) is 34.3. The third kappa shape index (κ3) is 4.36. The van der Waals surface area contributed by atoms with Crippen molar-refractivity contribution < 1.29 is 4.42 Å². The van der Waals surface area contributed by atoms with Crippen LogP contribution in [0.3, 0.4) is 0 Å². The highest BCUT2D eigenvalue weighted by Crippen LogP contribution is 2.50. The van der Waals surface area contributed by atoms with Gasteiger partial charge in [-0.15, -0.1) is 0 Å². The molecule has 0 amide bonds. The largest absolute Gasteiger partial charge is 0.468 e. The lowest BCUT2D eigenvalue weighted by atomic mass is 9.31. The van der Waals surface area contributed by atoms with Crippen molar-refractivity contribution >= 4 is 51.5 Å². The van der Waals surface area contributed by atoms with Gasteiger partial charge in [-0.1, -0.05) is 119 Å². The molecule has 2 aliphatic heterocycles. The van der Waals surface area contributed by atoms with Gasteiger partial charge in [-0.05, 0) is 104 Å². The summed E-state index contributed by atoms with van der Waals surface area (Å²) in [5, 5.41) is 1.15. The fourth-order valence-electron chi connectivity index (χ4n) is 8.92. The summed E-state index contributed by atoms with van der Waals surface area (Å²) in [5.74, 6) is 1.02. The first-order valence-electron chi connectivity index (χ1n) is 18.0. The maximum atomic E-state index is 7.13. The molecule has 48 heavy (non-hydrogen) atoms. The SMILES string of the molecule is CC(C)(C)c1ccc(N2c3nccc4c3B(c3cc5c(cc3C4(C)C)C(C)(C)CCC5(C)C)c3oc4ccc(C(C)(C)C)cc4c32)cc1. The second-order valence-electron chi connectivity index (χ2n) is 18.8. The number of hydrogen-bond acceptors (Lipinski definition) is 3. The van der Waals surface area contributed by atoms with Gasteiger partial charge in [0.05, 0.1) is 11.3 Å². The average molecular weight is 635 g/mol. The van der Waals surface area contributed by atoms with E-state index in [1.165, 1.54) is 57.1 Å². The summed E-state index contributed by atoms with van der Waals surface area (Å²) in [7, 11) is 0. The summed E-state index contributed by atoms with van der Waals surface area (Å²) in [6.45, 7) is 28.2.